The highest BCUT2D eigenvalue weighted by atomic mass is 19.1. The van der Waals surface area contributed by atoms with E-state index in [1.165, 1.54) is 28.7 Å². The maximum Gasteiger partial charge on any atom is 0.330 e. The molecule has 0 spiro atoms. The van der Waals surface area contributed by atoms with Gasteiger partial charge in [0.1, 0.15) is 5.82 Å². The quantitative estimate of drug-likeness (QED) is 0.630. The number of aromatic amines is 1. The summed E-state index contributed by atoms with van der Waals surface area (Å²) in [6, 6.07) is 4.51. The Morgan fingerprint density at radius 3 is 2.45 bits per heavy atom. The molecule has 1 amide bonds. The predicted octanol–water partition coefficient (Wildman–Crippen LogP) is 2.54. The third kappa shape index (κ3) is 5.96. The molecule has 0 atom stereocenters. The summed E-state index contributed by atoms with van der Waals surface area (Å²) in [6.45, 7) is 8.22. The van der Waals surface area contributed by atoms with E-state index in [4.69, 9.17) is 10.5 Å². The van der Waals surface area contributed by atoms with Crippen molar-refractivity contribution < 1.29 is 13.9 Å². The molecule has 0 bridgehead atoms. The van der Waals surface area contributed by atoms with Crippen molar-refractivity contribution in [3.63, 3.8) is 0 Å². The lowest BCUT2D eigenvalue weighted by Crippen LogP contribution is -2.43. The topological polar surface area (TPSA) is 110 Å². The van der Waals surface area contributed by atoms with E-state index in [1.54, 1.807) is 6.07 Å². The van der Waals surface area contributed by atoms with Crippen LogP contribution in [-0.2, 0) is 17.8 Å². The fourth-order valence-electron chi connectivity index (χ4n) is 3.32. The van der Waals surface area contributed by atoms with Crippen molar-refractivity contribution in [2.45, 2.75) is 47.1 Å². The van der Waals surface area contributed by atoms with Crippen LogP contribution in [0, 0.1) is 17.7 Å². The number of methoxy groups -OCH3 is 1. The Hall–Kier alpha value is -3.10. The van der Waals surface area contributed by atoms with Crippen molar-refractivity contribution in [1.29, 1.82) is 0 Å². The average molecular weight is 435 g/mol. The number of nitrogen functional groups attached to an aromatic ring is 1. The Bertz CT molecular complexity index is 1040. The molecule has 0 aliphatic heterocycles. The van der Waals surface area contributed by atoms with Crippen molar-refractivity contribution in [3.05, 3.63) is 50.4 Å². The van der Waals surface area contributed by atoms with E-state index in [1.807, 2.05) is 27.7 Å². The minimum Gasteiger partial charge on any atom is -0.494 e. The van der Waals surface area contributed by atoms with Crippen molar-refractivity contribution >= 4 is 17.4 Å². The first-order chi connectivity index (χ1) is 14.5. The molecule has 8 nitrogen and oxygen atoms in total. The average Bonchev–Trinajstić information content (AvgIpc) is 2.68. The van der Waals surface area contributed by atoms with E-state index >= 15 is 0 Å². The molecule has 0 unspecified atom stereocenters. The van der Waals surface area contributed by atoms with Gasteiger partial charge >= 0.3 is 5.69 Å². The zero-order valence-electron chi connectivity index (χ0n) is 18.7. The van der Waals surface area contributed by atoms with Gasteiger partial charge in [-0.05, 0) is 36.0 Å². The summed E-state index contributed by atoms with van der Waals surface area (Å²) in [5.74, 6) is -0.593. The summed E-state index contributed by atoms with van der Waals surface area (Å²) >= 11 is 0. The number of halogens is 1. The molecule has 9 heteroatoms. The first-order valence-corrected chi connectivity index (χ1v) is 10.3. The second-order valence-corrected chi connectivity index (χ2v) is 8.36. The van der Waals surface area contributed by atoms with Crippen LogP contribution < -0.4 is 26.6 Å². The summed E-state index contributed by atoms with van der Waals surface area (Å²) in [7, 11) is 1.38. The normalized spacial score (nSPS) is 11.2. The van der Waals surface area contributed by atoms with Crippen molar-refractivity contribution in [3.8, 4) is 5.75 Å². The molecule has 1 aromatic carbocycles. The Kier molecular flexibility index (Phi) is 8.01. The van der Waals surface area contributed by atoms with Gasteiger partial charge in [0.15, 0.2) is 17.3 Å². The van der Waals surface area contributed by atoms with E-state index in [-0.39, 0.29) is 54.4 Å². The molecule has 0 aliphatic carbocycles. The molecule has 0 saturated carbocycles. The summed E-state index contributed by atoms with van der Waals surface area (Å²) in [5.41, 5.74) is 5.48. The number of H-pyrrole nitrogens is 1. The first-order valence-electron chi connectivity index (χ1n) is 10.3. The molecule has 2 aromatic rings. The van der Waals surface area contributed by atoms with Crippen molar-refractivity contribution in [2.24, 2.45) is 11.8 Å². The molecule has 1 aromatic heterocycles. The Balaban J connectivity index is 2.37. The van der Waals surface area contributed by atoms with E-state index in [0.29, 0.717) is 12.1 Å². The van der Waals surface area contributed by atoms with Gasteiger partial charge in [-0.15, -0.1) is 0 Å². The second-order valence-electron chi connectivity index (χ2n) is 8.36. The van der Waals surface area contributed by atoms with Crippen molar-refractivity contribution in [2.75, 3.05) is 24.3 Å². The Morgan fingerprint density at radius 1 is 1.23 bits per heavy atom. The minimum atomic E-state index is -0.702. The van der Waals surface area contributed by atoms with Crippen LogP contribution >= 0.6 is 0 Å². The number of carbonyl (C=O) groups is 1. The number of rotatable bonds is 9. The number of carbonyl (C=O) groups excluding carboxylic acids is 1. The van der Waals surface area contributed by atoms with Crippen molar-refractivity contribution in [1.82, 2.24) is 9.55 Å². The highest BCUT2D eigenvalue weighted by molar-refractivity contribution is 5.95. The SMILES string of the molecule is COc1ccc(CCC(=O)N(CC(C)C)c2c(N)n(CC(C)C)c(=O)[nH]c2=O)cc1F. The second kappa shape index (κ2) is 10.3. The number of benzene rings is 1. The number of hydrogen-bond acceptors (Lipinski definition) is 5. The number of ether oxygens (including phenoxy) is 1. The number of hydrogen-bond donors (Lipinski definition) is 2. The van der Waals surface area contributed by atoms with Crippen LogP contribution in [0.25, 0.3) is 0 Å². The van der Waals surface area contributed by atoms with Gasteiger partial charge in [0.2, 0.25) is 5.91 Å². The van der Waals surface area contributed by atoms with E-state index < -0.39 is 17.1 Å². The van der Waals surface area contributed by atoms with Crippen LogP contribution in [-0.4, -0.2) is 29.1 Å². The lowest BCUT2D eigenvalue weighted by molar-refractivity contribution is -0.118. The monoisotopic (exact) mass is 434 g/mol. The smallest absolute Gasteiger partial charge is 0.330 e. The molecular formula is C22H31FN4O4. The minimum absolute atomic E-state index is 0.0279. The summed E-state index contributed by atoms with van der Waals surface area (Å²) in [6.07, 6.45) is 0.318. The van der Waals surface area contributed by atoms with Gasteiger partial charge in [-0.3, -0.25) is 19.1 Å². The number of nitrogens with one attached hydrogen (secondary N) is 1. The maximum absolute atomic E-state index is 13.9. The number of amides is 1. The van der Waals surface area contributed by atoms with Crippen LogP contribution in [0.3, 0.4) is 0 Å². The number of nitrogens with two attached hydrogens (primary N) is 1. The summed E-state index contributed by atoms with van der Waals surface area (Å²) < 4.78 is 20.1. The summed E-state index contributed by atoms with van der Waals surface area (Å²) in [5, 5.41) is 0. The standard InChI is InChI=1S/C22H31FN4O4/c1-13(2)11-26(18(28)9-7-15-6-8-17(31-5)16(23)10-15)19-20(24)27(12-14(3)4)22(30)25-21(19)29/h6,8,10,13-14H,7,9,11-12,24H2,1-5H3,(H,25,29,30). The summed E-state index contributed by atoms with van der Waals surface area (Å²) in [4.78, 5) is 41.5. The van der Waals surface area contributed by atoms with E-state index in [2.05, 4.69) is 4.98 Å². The van der Waals surface area contributed by atoms with Crippen LogP contribution in [0.4, 0.5) is 15.9 Å². The number of anilines is 2. The molecule has 0 radical (unpaired) electrons. The first kappa shape index (κ1) is 24.2. The van der Waals surface area contributed by atoms with E-state index in [9.17, 15) is 18.8 Å². The number of aromatic nitrogens is 2. The van der Waals surface area contributed by atoms with E-state index in [0.717, 1.165) is 0 Å². The third-order valence-electron chi connectivity index (χ3n) is 4.72. The lowest BCUT2D eigenvalue weighted by atomic mass is 10.1. The van der Waals surface area contributed by atoms with Gasteiger partial charge in [-0.1, -0.05) is 33.8 Å². The number of aryl methyl sites for hydroxylation is 1. The fraction of sp³-hybridized carbons (Fsp3) is 0.500. The van der Waals surface area contributed by atoms with Gasteiger partial charge in [0.25, 0.3) is 5.56 Å². The van der Waals surface area contributed by atoms with Gasteiger partial charge in [0.05, 0.1) is 7.11 Å². The van der Waals surface area contributed by atoms with Gasteiger partial charge in [0, 0.05) is 19.5 Å². The zero-order valence-corrected chi connectivity index (χ0v) is 18.7. The predicted molar refractivity (Wildman–Crippen MR) is 119 cm³/mol. The Morgan fingerprint density at radius 2 is 1.90 bits per heavy atom. The van der Waals surface area contributed by atoms with Gasteiger partial charge < -0.3 is 15.4 Å². The molecule has 0 aliphatic rings. The largest absolute Gasteiger partial charge is 0.494 e. The van der Waals surface area contributed by atoms with Crippen LogP contribution in [0.15, 0.2) is 27.8 Å². The molecule has 0 fully saturated rings. The maximum atomic E-state index is 13.9. The molecule has 31 heavy (non-hydrogen) atoms. The lowest BCUT2D eigenvalue weighted by Gasteiger charge is -2.26. The highest BCUT2D eigenvalue weighted by Gasteiger charge is 2.25. The number of nitrogens with zero attached hydrogens (tertiary/aromatic N) is 2. The fourth-order valence-corrected chi connectivity index (χ4v) is 3.32. The molecule has 3 N–H and O–H groups in total. The molecule has 0 saturated heterocycles. The van der Waals surface area contributed by atoms with Crippen LogP contribution in [0.5, 0.6) is 5.75 Å². The van der Waals surface area contributed by atoms with Crippen LogP contribution in [0.2, 0.25) is 0 Å². The molecule has 170 valence electrons. The highest BCUT2D eigenvalue weighted by Crippen LogP contribution is 2.22. The van der Waals surface area contributed by atoms with Gasteiger partial charge in [-0.2, -0.15) is 0 Å². The molecular weight excluding hydrogens is 403 g/mol. The molecule has 1 heterocycles. The van der Waals surface area contributed by atoms with Crippen LogP contribution in [0.1, 0.15) is 39.7 Å². The Labute approximate surface area is 180 Å². The molecule has 2 rings (SSSR count). The third-order valence-corrected chi connectivity index (χ3v) is 4.72. The van der Waals surface area contributed by atoms with Gasteiger partial charge in [-0.25, -0.2) is 9.18 Å². The zero-order chi connectivity index (χ0) is 23.3.